The molecule has 1 aliphatic heterocycles. The molecule has 27 heavy (non-hydrogen) atoms. The zero-order valence-electron chi connectivity index (χ0n) is 15.9. The highest BCUT2D eigenvalue weighted by Crippen LogP contribution is 2.31. The number of benzene rings is 1. The highest BCUT2D eigenvalue weighted by Gasteiger charge is 2.41. The summed E-state index contributed by atoms with van der Waals surface area (Å²) in [6.45, 7) is 7.21. The van der Waals surface area contributed by atoms with Gasteiger partial charge in [-0.1, -0.05) is 17.7 Å². The van der Waals surface area contributed by atoms with Gasteiger partial charge < -0.3 is 9.15 Å². The maximum Gasteiger partial charge on any atom is 0.324 e. The summed E-state index contributed by atoms with van der Waals surface area (Å²) in [5.74, 6) is -0.0516. The molecule has 1 saturated heterocycles. The molecule has 0 aliphatic carbocycles. The number of nitrogens with zero attached hydrogens (tertiary/aromatic N) is 3. The van der Waals surface area contributed by atoms with Gasteiger partial charge in [-0.15, -0.1) is 10.2 Å². The Labute approximate surface area is 158 Å². The van der Waals surface area contributed by atoms with Crippen molar-refractivity contribution in [2.45, 2.75) is 58.1 Å². The van der Waals surface area contributed by atoms with Gasteiger partial charge >= 0.3 is 5.97 Å². The van der Waals surface area contributed by atoms with E-state index in [9.17, 15) is 13.2 Å². The van der Waals surface area contributed by atoms with Crippen LogP contribution < -0.4 is 0 Å². The second kappa shape index (κ2) is 7.40. The number of esters is 1. The molecule has 2 aromatic rings. The van der Waals surface area contributed by atoms with Gasteiger partial charge in [-0.05, 0) is 44.7 Å². The number of hydrogen-bond donors (Lipinski definition) is 0. The maximum atomic E-state index is 13.3. The smallest absolute Gasteiger partial charge is 0.324 e. The van der Waals surface area contributed by atoms with Crippen LogP contribution >= 0.6 is 0 Å². The third-order valence-corrected chi connectivity index (χ3v) is 6.77. The van der Waals surface area contributed by atoms with Crippen LogP contribution in [0.5, 0.6) is 0 Å². The lowest BCUT2D eigenvalue weighted by atomic mass is 10.1. The molecule has 8 nitrogen and oxygen atoms in total. The van der Waals surface area contributed by atoms with E-state index in [1.54, 1.807) is 20.8 Å². The number of ether oxygens (including phenoxy) is 1. The summed E-state index contributed by atoms with van der Waals surface area (Å²) in [4.78, 5) is 12.8. The quantitative estimate of drug-likeness (QED) is 0.718. The Hall–Kier alpha value is -2.26. The Morgan fingerprint density at radius 1 is 1.22 bits per heavy atom. The first-order valence-corrected chi connectivity index (χ1v) is 10.2. The van der Waals surface area contributed by atoms with Crippen molar-refractivity contribution < 1.29 is 22.4 Å². The normalized spacial score (nSPS) is 18.0. The first-order chi connectivity index (χ1) is 12.7. The summed E-state index contributed by atoms with van der Waals surface area (Å²) < 4.78 is 38.2. The molecule has 1 aliphatic rings. The van der Waals surface area contributed by atoms with E-state index in [1.165, 1.54) is 4.31 Å². The second-order valence-electron chi connectivity index (χ2n) is 6.82. The fourth-order valence-corrected chi connectivity index (χ4v) is 5.64. The Bertz CT molecular complexity index is 944. The molecule has 0 saturated carbocycles. The molecule has 3 rings (SSSR count). The molecule has 1 aromatic heterocycles. The average molecular weight is 393 g/mol. The van der Waals surface area contributed by atoms with Crippen molar-refractivity contribution in [1.29, 1.82) is 0 Å². The van der Waals surface area contributed by atoms with Crippen molar-refractivity contribution in [2.24, 2.45) is 0 Å². The molecule has 1 atom stereocenters. The van der Waals surface area contributed by atoms with E-state index in [0.29, 0.717) is 29.9 Å². The molecular weight excluding hydrogens is 370 g/mol. The maximum absolute atomic E-state index is 13.3. The number of rotatable bonds is 5. The van der Waals surface area contributed by atoms with E-state index in [-0.39, 0.29) is 23.9 Å². The van der Waals surface area contributed by atoms with Gasteiger partial charge in [0.05, 0.1) is 4.90 Å². The van der Waals surface area contributed by atoms with E-state index in [0.717, 1.165) is 5.56 Å². The lowest BCUT2D eigenvalue weighted by Crippen LogP contribution is -2.41. The van der Waals surface area contributed by atoms with Crippen molar-refractivity contribution in [3.8, 4) is 0 Å². The third-order valence-electron chi connectivity index (χ3n) is 4.55. The summed E-state index contributed by atoms with van der Waals surface area (Å²) in [6, 6.07) is 2.82. The van der Waals surface area contributed by atoms with Gasteiger partial charge in [0.15, 0.2) is 6.61 Å². The van der Waals surface area contributed by atoms with Crippen molar-refractivity contribution in [2.75, 3.05) is 6.54 Å². The number of aryl methyl sites for hydroxylation is 4. The number of carbonyl (C=O) groups excluding carboxylic acids is 1. The van der Waals surface area contributed by atoms with Crippen molar-refractivity contribution in [1.82, 2.24) is 14.5 Å². The highest BCUT2D eigenvalue weighted by atomic mass is 32.2. The summed E-state index contributed by atoms with van der Waals surface area (Å²) in [5, 5.41) is 7.43. The minimum atomic E-state index is -3.81. The Kier molecular flexibility index (Phi) is 5.34. The van der Waals surface area contributed by atoms with E-state index in [1.807, 2.05) is 19.1 Å². The van der Waals surface area contributed by atoms with Gasteiger partial charge in [0.1, 0.15) is 6.04 Å². The largest absolute Gasteiger partial charge is 0.454 e. The molecule has 1 aromatic carbocycles. The molecule has 146 valence electrons. The standard InChI is InChI=1S/C18H23N3O5S/c1-11-8-12(2)17(13(3)9-11)27(23,24)21-7-5-6-15(21)18(22)25-10-16-20-19-14(4)26-16/h8-9,15H,5-7,10H2,1-4H3. The first-order valence-electron chi connectivity index (χ1n) is 8.75. The fraction of sp³-hybridized carbons (Fsp3) is 0.500. The van der Waals surface area contributed by atoms with Crippen LogP contribution in [0.2, 0.25) is 0 Å². The van der Waals surface area contributed by atoms with E-state index in [2.05, 4.69) is 10.2 Å². The van der Waals surface area contributed by atoms with Crippen LogP contribution in [0.25, 0.3) is 0 Å². The Balaban J connectivity index is 1.81. The van der Waals surface area contributed by atoms with Crippen LogP contribution in [0.4, 0.5) is 0 Å². The molecule has 0 bridgehead atoms. The number of sulfonamides is 1. The molecule has 0 spiro atoms. The molecule has 9 heteroatoms. The van der Waals surface area contributed by atoms with Gasteiger partial charge in [0, 0.05) is 13.5 Å². The van der Waals surface area contributed by atoms with Crippen LogP contribution in [0, 0.1) is 27.7 Å². The summed E-state index contributed by atoms with van der Waals surface area (Å²) >= 11 is 0. The number of hydrogen-bond acceptors (Lipinski definition) is 7. The molecule has 1 unspecified atom stereocenters. The first kappa shape index (κ1) is 19.5. The van der Waals surface area contributed by atoms with Gasteiger partial charge in [0.2, 0.25) is 15.9 Å². The summed E-state index contributed by atoms with van der Waals surface area (Å²) in [7, 11) is -3.81. The number of carbonyl (C=O) groups is 1. The van der Waals surface area contributed by atoms with E-state index >= 15 is 0 Å². The zero-order chi connectivity index (χ0) is 19.8. The molecule has 0 amide bonds. The summed E-state index contributed by atoms with van der Waals surface area (Å²) in [5.41, 5.74) is 2.34. The fourth-order valence-electron chi connectivity index (χ4n) is 3.58. The highest BCUT2D eigenvalue weighted by molar-refractivity contribution is 7.89. The molecule has 0 radical (unpaired) electrons. The lowest BCUT2D eigenvalue weighted by Gasteiger charge is -2.24. The Morgan fingerprint density at radius 2 is 1.89 bits per heavy atom. The SMILES string of the molecule is Cc1cc(C)c(S(=O)(=O)N2CCCC2C(=O)OCc2nnc(C)o2)c(C)c1. The predicted octanol–water partition coefficient (Wildman–Crippen LogP) is 2.20. The minimum absolute atomic E-state index is 0.174. The topological polar surface area (TPSA) is 103 Å². The zero-order valence-corrected chi connectivity index (χ0v) is 16.7. The van der Waals surface area contributed by atoms with Crippen LogP contribution in [0.15, 0.2) is 21.4 Å². The van der Waals surface area contributed by atoms with Gasteiger partial charge in [0.25, 0.3) is 5.89 Å². The molecular formula is C18H23N3O5S. The van der Waals surface area contributed by atoms with Crippen LogP contribution in [-0.2, 0) is 26.2 Å². The molecule has 2 heterocycles. The van der Waals surface area contributed by atoms with Crippen LogP contribution in [0.1, 0.15) is 41.3 Å². The summed E-state index contributed by atoms with van der Waals surface area (Å²) in [6.07, 6.45) is 1.02. The van der Waals surface area contributed by atoms with Crippen molar-refractivity contribution >= 4 is 16.0 Å². The molecule has 0 N–H and O–H groups in total. The third kappa shape index (κ3) is 3.89. The van der Waals surface area contributed by atoms with Gasteiger partial charge in [-0.25, -0.2) is 8.42 Å². The number of aromatic nitrogens is 2. The van der Waals surface area contributed by atoms with Crippen molar-refractivity contribution in [3.05, 3.63) is 40.6 Å². The second-order valence-corrected chi connectivity index (χ2v) is 8.65. The van der Waals surface area contributed by atoms with Crippen LogP contribution in [0.3, 0.4) is 0 Å². The monoisotopic (exact) mass is 393 g/mol. The van der Waals surface area contributed by atoms with E-state index < -0.39 is 22.0 Å². The van der Waals surface area contributed by atoms with E-state index in [4.69, 9.17) is 9.15 Å². The minimum Gasteiger partial charge on any atom is -0.454 e. The van der Waals surface area contributed by atoms with Gasteiger partial charge in [-0.3, -0.25) is 4.79 Å². The Morgan fingerprint density at radius 3 is 2.48 bits per heavy atom. The lowest BCUT2D eigenvalue weighted by molar-refractivity contribution is -0.149. The molecule has 1 fully saturated rings. The predicted molar refractivity (Wildman–Crippen MR) is 96.4 cm³/mol. The average Bonchev–Trinajstić information content (AvgIpc) is 3.20. The van der Waals surface area contributed by atoms with Gasteiger partial charge in [-0.2, -0.15) is 4.31 Å². The van der Waals surface area contributed by atoms with Crippen LogP contribution in [-0.4, -0.2) is 41.5 Å². The van der Waals surface area contributed by atoms with Crippen molar-refractivity contribution in [3.63, 3.8) is 0 Å².